The average molecular weight is 847 g/mol. The van der Waals surface area contributed by atoms with Crippen molar-refractivity contribution in [2.75, 3.05) is 26.4 Å². The van der Waals surface area contributed by atoms with Gasteiger partial charge in [0.1, 0.15) is 11.5 Å². The molecular weight excluding hydrogens is 773 g/mol. The molecule has 12 atom stereocenters. The largest absolute Gasteiger partial charge is 0.492 e. The van der Waals surface area contributed by atoms with Crippen LogP contribution in [0.25, 0.3) is 11.1 Å². The highest BCUT2D eigenvalue weighted by atomic mass is 16.5. The molecule has 4 heterocycles. The highest BCUT2D eigenvalue weighted by Crippen LogP contribution is 2.68. The number of rotatable bonds is 8. The molecule has 2 aliphatic heterocycles. The number of aromatic nitrogens is 2. The second kappa shape index (κ2) is 17.4. The quantitative estimate of drug-likeness (QED) is 0.242. The summed E-state index contributed by atoms with van der Waals surface area (Å²) < 4.78 is 22.8. The summed E-state index contributed by atoms with van der Waals surface area (Å²) >= 11 is 0. The number of hydrogen-bond donors (Lipinski definition) is 0. The molecular formula is C54H74N2O6. The molecule has 2 aromatic rings. The van der Waals surface area contributed by atoms with Crippen LogP contribution in [0.3, 0.4) is 0 Å². The Kier molecular flexibility index (Phi) is 12.2. The van der Waals surface area contributed by atoms with E-state index < -0.39 is 0 Å². The number of cyclic esters (lactones) is 2. The van der Waals surface area contributed by atoms with E-state index in [0.717, 1.165) is 62.2 Å². The van der Waals surface area contributed by atoms with Crippen molar-refractivity contribution in [2.45, 2.75) is 144 Å². The summed E-state index contributed by atoms with van der Waals surface area (Å²) in [6.07, 6.45) is 30.2. The minimum absolute atomic E-state index is 0.00955. The second-order valence-corrected chi connectivity index (χ2v) is 21.8. The SMILES string of the molecule is CCCOc1cncc(C2=CC[C@H]3[C@@H]4CC[C@H]5CC(=O)OCC[C@]5(C)[C@H]4CC[C@]23C)c1.CCCOc1cncc(C2=CC[C@H]3[C@@H]4CC[C@H]5COC(=O)CC[C@]5(C)[C@H]4CC[C@]23C)c1. The molecule has 0 unspecified atom stereocenters. The third kappa shape index (κ3) is 7.63. The molecule has 2 aromatic heterocycles. The van der Waals surface area contributed by atoms with Crippen LogP contribution in [0.5, 0.6) is 11.5 Å². The van der Waals surface area contributed by atoms with Gasteiger partial charge in [0.25, 0.3) is 0 Å². The third-order valence-corrected chi connectivity index (χ3v) is 18.9. The van der Waals surface area contributed by atoms with Crippen molar-refractivity contribution in [2.24, 2.45) is 69.0 Å². The van der Waals surface area contributed by atoms with E-state index in [9.17, 15) is 9.59 Å². The summed E-state index contributed by atoms with van der Waals surface area (Å²) in [4.78, 5) is 33.1. The predicted octanol–water partition coefficient (Wildman–Crippen LogP) is 12.1. The Bertz CT molecular complexity index is 1950. The van der Waals surface area contributed by atoms with E-state index in [1.54, 1.807) is 0 Å². The molecule has 62 heavy (non-hydrogen) atoms. The molecule has 8 nitrogen and oxygen atoms in total. The van der Waals surface area contributed by atoms with Crippen LogP contribution in [-0.2, 0) is 19.1 Å². The Hall–Kier alpha value is -3.68. The van der Waals surface area contributed by atoms with Crippen LogP contribution in [0, 0.1) is 69.0 Å². The van der Waals surface area contributed by atoms with E-state index in [0.29, 0.717) is 61.6 Å². The highest BCUT2D eigenvalue weighted by molar-refractivity contribution is 5.74. The first-order valence-electron chi connectivity index (χ1n) is 24.8. The fourth-order valence-electron chi connectivity index (χ4n) is 15.5. The smallest absolute Gasteiger partial charge is 0.306 e. The lowest BCUT2D eigenvalue weighted by Crippen LogP contribution is -2.51. The number of esters is 2. The molecule has 6 aliphatic carbocycles. The molecule has 0 amide bonds. The Balaban J connectivity index is 0.000000158. The van der Waals surface area contributed by atoms with Crippen LogP contribution >= 0.6 is 0 Å². The zero-order chi connectivity index (χ0) is 43.3. The molecule has 0 N–H and O–H groups in total. The van der Waals surface area contributed by atoms with Crippen molar-refractivity contribution in [3.63, 3.8) is 0 Å². The number of carbonyl (C=O) groups excluding carboxylic acids is 2. The first-order chi connectivity index (χ1) is 29.9. The summed E-state index contributed by atoms with van der Waals surface area (Å²) in [5, 5.41) is 0. The first-order valence-corrected chi connectivity index (χ1v) is 24.8. The standard InChI is InChI=1S/2C27H37NO3/c1-4-13-30-20-14-18(15-28-16-20)22-7-8-23-21-6-5-19-17-31-25(29)10-12-26(19,2)24(21)9-11-27(22,23)3;1-4-12-30-20-14-18(16-28-17-20)22-7-8-23-21-6-5-19-15-25(29)31-13-11-26(19,2)24(21)9-10-27(22,23)3/h7,14-16,19,21,23-24H,4-6,8-13,17H2,1-3H3;7,14,16-17,19,21,23-24H,4-6,8-13,15H2,1-3H3/t2*19-,21-,23-,24-,26-,27+/m00/s1. The number of pyridine rings is 2. The van der Waals surface area contributed by atoms with Crippen LogP contribution in [0.4, 0.5) is 0 Å². The molecule has 0 aromatic carbocycles. The summed E-state index contributed by atoms with van der Waals surface area (Å²) in [6.45, 7) is 16.9. The molecule has 10 rings (SSSR count). The van der Waals surface area contributed by atoms with Gasteiger partial charge in [-0.05, 0) is 193 Å². The monoisotopic (exact) mass is 847 g/mol. The summed E-state index contributed by atoms with van der Waals surface area (Å²) in [6, 6.07) is 4.39. The Morgan fingerprint density at radius 3 is 1.69 bits per heavy atom. The normalized spacial score (nSPS) is 39.5. The van der Waals surface area contributed by atoms with Crippen LogP contribution < -0.4 is 9.47 Å². The predicted molar refractivity (Wildman–Crippen MR) is 243 cm³/mol. The Labute approximate surface area is 371 Å². The van der Waals surface area contributed by atoms with Gasteiger partial charge in [-0.3, -0.25) is 19.6 Å². The van der Waals surface area contributed by atoms with E-state index in [1.165, 1.54) is 86.5 Å². The third-order valence-electron chi connectivity index (χ3n) is 18.9. The lowest BCUT2D eigenvalue weighted by atomic mass is 9.46. The van der Waals surface area contributed by atoms with Gasteiger partial charge in [0, 0.05) is 25.2 Å². The van der Waals surface area contributed by atoms with Crippen molar-refractivity contribution in [3.8, 4) is 11.5 Å². The van der Waals surface area contributed by atoms with Gasteiger partial charge in [0.05, 0.1) is 38.8 Å². The number of hydrogen-bond acceptors (Lipinski definition) is 8. The fourth-order valence-corrected chi connectivity index (χ4v) is 15.5. The zero-order valence-corrected chi connectivity index (χ0v) is 38.7. The van der Waals surface area contributed by atoms with Crippen molar-refractivity contribution in [1.29, 1.82) is 0 Å². The molecule has 2 saturated heterocycles. The molecule has 336 valence electrons. The van der Waals surface area contributed by atoms with E-state index >= 15 is 0 Å². The van der Waals surface area contributed by atoms with E-state index in [-0.39, 0.29) is 33.6 Å². The average Bonchev–Trinajstić information content (AvgIpc) is 3.71. The molecule has 6 fully saturated rings. The van der Waals surface area contributed by atoms with Gasteiger partial charge >= 0.3 is 11.9 Å². The summed E-state index contributed by atoms with van der Waals surface area (Å²) in [5.74, 6) is 7.14. The first kappa shape index (κ1) is 43.6. The molecule has 4 saturated carbocycles. The summed E-state index contributed by atoms with van der Waals surface area (Å²) in [5.41, 5.74) is 6.37. The molecule has 0 bridgehead atoms. The van der Waals surface area contributed by atoms with Crippen LogP contribution in [0.15, 0.2) is 49.1 Å². The van der Waals surface area contributed by atoms with Crippen molar-refractivity contribution in [1.82, 2.24) is 9.97 Å². The van der Waals surface area contributed by atoms with Crippen LogP contribution in [0.2, 0.25) is 0 Å². The molecule has 0 spiro atoms. The topological polar surface area (TPSA) is 96.8 Å². The van der Waals surface area contributed by atoms with Gasteiger partial charge in [-0.1, -0.05) is 53.7 Å². The summed E-state index contributed by atoms with van der Waals surface area (Å²) in [7, 11) is 0. The van der Waals surface area contributed by atoms with Gasteiger partial charge < -0.3 is 18.9 Å². The van der Waals surface area contributed by atoms with Crippen molar-refractivity contribution >= 4 is 23.1 Å². The molecule has 8 heteroatoms. The maximum atomic E-state index is 12.1. The minimum Gasteiger partial charge on any atom is -0.492 e. The Morgan fingerprint density at radius 2 is 1.15 bits per heavy atom. The number of carbonyl (C=O) groups is 2. The van der Waals surface area contributed by atoms with Gasteiger partial charge in [-0.25, -0.2) is 0 Å². The van der Waals surface area contributed by atoms with E-state index in [1.807, 2.05) is 24.8 Å². The second-order valence-electron chi connectivity index (χ2n) is 21.8. The Morgan fingerprint density at radius 1 is 0.613 bits per heavy atom. The van der Waals surface area contributed by atoms with Crippen molar-refractivity contribution < 1.29 is 28.5 Å². The van der Waals surface area contributed by atoms with E-state index in [2.05, 4.69) is 75.8 Å². The van der Waals surface area contributed by atoms with Gasteiger partial charge in [0.2, 0.25) is 0 Å². The van der Waals surface area contributed by atoms with Gasteiger partial charge in [-0.15, -0.1) is 0 Å². The zero-order valence-electron chi connectivity index (χ0n) is 38.7. The van der Waals surface area contributed by atoms with E-state index in [4.69, 9.17) is 18.9 Å². The maximum absolute atomic E-state index is 12.1. The lowest BCUT2D eigenvalue weighted by molar-refractivity contribution is -0.145. The molecule has 0 radical (unpaired) electrons. The lowest BCUT2D eigenvalue weighted by Gasteiger charge is -2.58. The minimum atomic E-state index is 0.00955. The highest BCUT2D eigenvalue weighted by Gasteiger charge is 2.60. The molecule has 8 aliphatic rings. The maximum Gasteiger partial charge on any atom is 0.306 e. The van der Waals surface area contributed by atoms with Gasteiger partial charge in [0.15, 0.2) is 0 Å². The van der Waals surface area contributed by atoms with Gasteiger partial charge in [-0.2, -0.15) is 0 Å². The fraction of sp³-hybridized carbons (Fsp3) is 0.704. The number of ether oxygens (including phenoxy) is 4. The number of nitrogens with zero attached hydrogens (tertiary/aromatic N) is 2. The van der Waals surface area contributed by atoms with Crippen molar-refractivity contribution in [3.05, 3.63) is 60.2 Å². The number of fused-ring (bicyclic) bond motifs is 10. The van der Waals surface area contributed by atoms with Crippen LogP contribution in [0.1, 0.15) is 155 Å². The number of allylic oxidation sites excluding steroid dienone is 4. The van der Waals surface area contributed by atoms with Crippen LogP contribution in [-0.4, -0.2) is 48.3 Å².